The Bertz CT molecular complexity index is 299. The molecule has 2 nitrogen and oxygen atoms in total. The van der Waals surface area contributed by atoms with Crippen LogP contribution in [-0.2, 0) is 11.3 Å². The average Bonchev–Trinajstić information content (AvgIpc) is 2.66. The molecule has 1 fully saturated rings. The largest absolute Gasteiger partial charge is 0.379 e. The standard InChI is InChI=1S/C13H19NO/c1-11-9-15-10-13(11)14(2)8-12-6-4-3-5-7-12/h3-7,11,13H,8-10H2,1-2H3. The van der Waals surface area contributed by atoms with E-state index in [9.17, 15) is 0 Å². The zero-order valence-corrected chi connectivity index (χ0v) is 9.52. The summed E-state index contributed by atoms with van der Waals surface area (Å²) in [6.45, 7) is 5.06. The molecule has 0 bridgehead atoms. The Morgan fingerprint density at radius 2 is 2.00 bits per heavy atom. The second-order valence-corrected chi connectivity index (χ2v) is 4.48. The van der Waals surface area contributed by atoms with Crippen LogP contribution in [0.5, 0.6) is 0 Å². The molecular formula is C13H19NO. The lowest BCUT2D eigenvalue weighted by molar-refractivity contribution is 0.156. The Morgan fingerprint density at radius 3 is 2.60 bits per heavy atom. The van der Waals surface area contributed by atoms with Crippen molar-refractivity contribution >= 4 is 0 Å². The van der Waals surface area contributed by atoms with Gasteiger partial charge in [0.2, 0.25) is 0 Å². The van der Waals surface area contributed by atoms with E-state index in [1.807, 2.05) is 0 Å². The van der Waals surface area contributed by atoms with Gasteiger partial charge >= 0.3 is 0 Å². The Hall–Kier alpha value is -0.860. The lowest BCUT2D eigenvalue weighted by Crippen LogP contribution is -2.35. The summed E-state index contributed by atoms with van der Waals surface area (Å²) in [6.07, 6.45) is 0. The van der Waals surface area contributed by atoms with Gasteiger partial charge in [0.25, 0.3) is 0 Å². The third kappa shape index (κ3) is 2.58. The maximum atomic E-state index is 5.49. The molecule has 0 spiro atoms. The highest BCUT2D eigenvalue weighted by molar-refractivity contribution is 5.14. The van der Waals surface area contributed by atoms with Crippen LogP contribution >= 0.6 is 0 Å². The topological polar surface area (TPSA) is 12.5 Å². The van der Waals surface area contributed by atoms with Crippen LogP contribution in [0.1, 0.15) is 12.5 Å². The molecule has 0 saturated carbocycles. The van der Waals surface area contributed by atoms with Crippen LogP contribution in [0.4, 0.5) is 0 Å². The molecule has 1 saturated heterocycles. The first kappa shape index (κ1) is 10.7. The van der Waals surface area contributed by atoms with E-state index in [0.717, 1.165) is 19.8 Å². The average molecular weight is 205 g/mol. The van der Waals surface area contributed by atoms with Crippen molar-refractivity contribution in [1.82, 2.24) is 4.90 Å². The molecule has 0 N–H and O–H groups in total. The Balaban J connectivity index is 1.94. The van der Waals surface area contributed by atoms with E-state index in [-0.39, 0.29) is 0 Å². The van der Waals surface area contributed by atoms with E-state index in [2.05, 4.69) is 49.2 Å². The Kier molecular flexibility index (Phi) is 3.39. The minimum atomic E-state index is 0.574. The normalized spacial score (nSPS) is 26.1. The first-order valence-electron chi connectivity index (χ1n) is 5.59. The van der Waals surface area contributed by atoms with E-state index < -0.39 is 0 Å². The second kappa shape index (κ2) is 4.77. The van der Waals surface area contributed by atoms with Gasteiger partial charge in [0.15, 0.2) is 0 Å². The fourth-order valence-electron chi connectivity index (χ4n) is 2.20. The van der Waals surface area contributed by atoms with Crippen LogP contribution in [-0.4, -0.2) is 31.2 Å². The quantitative estimate of drug-likeness (QED) is 0.749. The highest BCUT2D eigenvalue weighted by Crippen LogP contribution is 2.19. The summed E-state index contributed by atoms with van der Waals surface area (Å²) in [5, 5.41) is 0. The number of rotatable bonds is 3. The number of nitrogens with zero attached hydrogens (tertiary/aromatic N) is 1. The van der Waals surface area contributed by atoms with Crippen molar-refractivity contribution in [2.75, 3.05) is 20.3 Å². The summed E-state index contributed by atoms with van der Waals surface area (Å²) >= 11 is 0. The first-order valence-corrected chi connectivity index (χ1v) is 5.59. The monoisotopic (exact) mass is 205 g/mol. The van der Waals surface area contributed by atoms with E-state index in [1.54, 1.807) is 0 Å². The summed E-state index contributed by atoms with van der Waals surface area (Å²) in [6, 6.07) is 11.2. The summed E-state index contributed by atoms with van der Waals surface area (Å²) in [7, 11) is 2.18. The number of hydrogen-bond donors (Lipinski definition) is 0. The summed E-state index contributed by atoms with van der Waals surface area (Å²) in [5.74, 6) is 0.652. The fraction of sp³-hybridized carbons (Fsp3) is 0.538. The number of hydrogen-bond acceptors (Lipinski definition) is 2. The van der Waals surface area contributed by atoms with Gasteiger partial charge in [0.1, 0.15) is 0 Å². The lowest BCUT2D eigenvalue weighted by Gasteiger charge is -2.26. The van der Waals surface area contributed by atoms with Crippen molar-refractivity contribution in [3.63, 3.8) is 0 Å². The zero-order chi connectivity index (χ0) is 10.7. The Morgan fingerprint density at radius 1 is 1.27 bits per heavy atom. The molecule has 1 aliphatic rings. The molecule has 2 atom stereocenters. The van der Waals surface area contributed by atoms with Gasteiger partial charge in [-0.1, -0.05) is 37.3 Å². The molecule has 0 aliphatic carbocycles. The van der Waals surface area contributed by atoms with Crippen LogP contribution in [0.15, 0.2) is 30.3 Å². The molecule has 1 heterocycles. The molecule has 82 valence electrons. The third-order valence-corrected chi connectivity index (χ3v) is 3.17. The van der Waals surface area contributed by atoms with Gasteiger partial charge in [0.05, 0.1) is 13.2 Å². The summed E-state index contributed by atoms with van der Waals surface area (Å²) in [5.41, 5.74) is 1.37. The van der Waals surface area contributed by atoms with Crippen molar-refractivity contribution in [2.45, 2.75) is 19.5 Å². The Labute approximate surface area is 91.9 Å². The van der Waals surface area contributed by atoms with Crippen molar-refractivity contribution in [1.29, 1.82) is 0 Å². The molecule has 2 unspecified atom stereocenters. The van der Waals surface area contributed by atoms with Gasteiger partial charge in [-0.15, -0.1) is 0 Å². The smallest absolute Gasteiger partial charge is 0.0625 e. The lowest BCUT2D eigenvalue weighted by atomic mass is 10.0. The SMILES string of the molecule is CC1COCC1N(C)Cc1ccccc1. The minimum Gasteiger partial charge on any atom is -0.379 e. The molecule has 15 heavy (non-hydrogen) atoms. The predicted molar refractivity (Wildman–Crippen MR) is 61.7 cm³/mol. The van der Waals surface area contributed by atoms with Crippen LogP contribution in [0, 0.1) is 5.92 Å². The van der Waals surface area contributed by atoms with Gasteiger partial charge in [-0.3, -0.25) is 4.90 Å². The first-order chi connectivity index (χ1) is 7.27. The number of benzene rings is 1. The third-order valence-electron chi connectivity index (χ3n) is 3.17. The van der Waals surface area contributed by atoms with E-state index >= 15 is 0 Å². The van der Waals surface area contributed by atoms with E-state index in [0.29, 0.717) is 12.0 Å². The number of likely N-dealkylation sites (N-methyl/N-ethyl adjacent to an activating group) is 1. The number of ether oxygens (including phenoxy) is 1. The van der Waals surface area contributed by atoms with E-state index in [4.69, 9.17) is 4.74 Å². The fourth-order valence-corrected chi connectivity index (χ4v) is 2.20. The zero-order valence-electron chi connectivity index (χ0n) is 9.52. The van der Waals surface area contributed by atoms with Crippen molar-refractivity contribution < 1.29 is 4.74 Å². The van der Waals surface area contributed by atoms with E-state index in [1.165, 1.54) is 5.56 Å². The second-order valence-electron chi connectivity index (χ2n) is 4.48. The molecule has 2 rings (SSSR count). The molecule has 0 amide bonds. The highest BCUT2D eigenvalue weighted by Gasteiger charge is 2.27. The summed E-state index contributed by atoms with van der Waals surface area (Å²) < 4.78 is 5.49. The van der Waals surface area contributed by atoms with Crippen LogP contribution in [0.2, 0.25) is 0 Å². The van der Waals surface area contributed by atoms with Crippen LogP contribution in [0.3, 0.4) is 0 Å². The molecule has 0 aromatic heterocycles. The van der Waals surface area contributed by atoms with Crippen LogP contribution < -0.4 is 0 Å². The maximum Gasteiger partial charge on any atom is 0.0625 e. The van der Waals surface area contributed by atoms with Gasteiger partial charge < -0.3 is 4.74 Å². The van der Waals surface area contributed by atoms with Gasteiger partial charge in [-0.25, -0.2) is 0 Å². The minimum absolute atomic E-state index is 0.574. The molecule has 1 aromatic carbocycles. The van der Waals surface area contributed by atoms with Gasteiger partial charge in [-0.05, 0) is 18.5 Å². The van der Waals surface area contributed by atoms with Crippen molar-refractivity contribution in [2.24, 2.45) is 5.92 Å². The van der Waals surface area contributed by atoms with Crippen LogP contribution in [0.25, 0.3) is 0 Å². The maximum absolute atomic E-state index is 5.49. The van der Waals surface area contributed by atoms with Crippen molar-refractivity contribution in [3.05, 3.63) is 35.9 Å². The van der Waals surface area contributed by atoms with Gasteiger partial charge in [0, 0.05) is 12.6 Å². The van der Waals surface area contributed by atoms with Crippen molar-refractivity contribution in [3.8, 4) is 0 Å². The molecule has 0 radical (unpaired) electrons. The summed E-state index contributed by atoms with van der Waals surface area (Å²) in [4.78, 5) is 2.40. The molecular weight excluding hydrogens is 186 g/mol. The molecule has 2 heteroatoms. The predicted octanol–water partition coefficient (Wildman–Crippen LogP) is 2.15. The van der Waals surface area contributed by atoms with Gasteiger partial charge in [-0.2, -0.15) is 0 Å². The molecule has 1 aromatic rings. The highest BCUT2D eigenvalue weighted by atomic mass is 16.5. The molecule has 1 aliphatic heterocycles.